The normalized spacial score (nSPS) is 33.6. The second-order valence-corrected chi connectivity index (χ2v) is 5.88. The van der Waals surface area contributed by atoms with Crippen molar-refractivity contribution in [3.8, 4) is 0 Å². The van der Waals surface area contributed by atoms with Crippen molar-refractivity contribution in [1.82, 2.24) is 5.32 Å². The Bertz CT molecular complexity index is 177. The van der Waals surface area contributed by atoms with Gasteiger partial charge in [0.05, 0.1) is 0 Å². The predicted molar refractivity (Wildman–Crippen MR) is 69.4 cm³/mol. The molecule has 16 heavy (non-hydrogen) atoms. The fraction of sp³-hybridized carbons (Fsp3) is 1.00. The summed E-state index contributed by atoms with van der Waals surface area (Å²) in [4.78, 5) is 0. The third-order valence-electron chi connectivity index (χ3n) is 4.44. The van der Waals surface area contributed by atoms with E-state index in [9.17, 15) is 0 Å². The lowest BCUT2D eigenvalue weighted by atomic mass is 9.86. The summed E-state index contributed by atoms with van der Waals surface area (Å²) in [5, 5.41) is 3.81. The van der Waals surface area contributed by atoms with Crippen LogP contribution in [-0.4, -0.2) is 18.6 Å². The van der Waals surface area contributed by atoms with Crippen LogP contribution in [-0.2, 0) is 0 Å². The zero-order valence-electron chi connectivity index (χ0n) is 10.6. The highest BCUT2D eigenvalue weighted by Crippen LogP contribution is 2.23. The zero-order valence-corrected chi connectivity index (χ0v) is 10.6. The van der Waals surface area contributed by atoms with E-state index < -0.39 is 0 Å². The van der Waals surface area contributed by atoms with E-state index in [4.69, 9.17) is 5.73 Å². The third kappa shape index (κ3) is 4.06. The smallest absolute Gasteiger partial charge is 0.00671 e. The largest absolute Gasteiger partial charge is 0.328 e. The summed E-state index contributed by atoms with van der Waals surface area (Å²) in [6.07, 6.45) is 13.8. The van der Waals surface area contributed by atoms with Crippen molar-refractivity contribution in [2.24, 2.45) is 11.7 Å². The van der Waals surface area contributed by atoms with Gasteiger partial charge in [-0.1, -0.05) is 25.7 Å². The van der Waals surface area contributed by atoms with Gasteiger partial charge in [-0.25, -0.2) is 0 Å². The molecule has 0 heterocycles. The first kappa shape index (κ1) is 12.4. The molecule has 2 rings (SSSR count). The number of hydrogen-bond donors (Lipinski definition) is 2. The van der Waals surface area contributed by atoms with Gasteiger partial charge in [0, 0.05) is 12.1 Å². The minimum atomic E-state index is 0.495. The van der Waals surface area contributed by atoms with E-state index in [0.29, 0.717) is 6.04 Å². The van der Waals surface area contributed by atoms with Crippen LogP contribution in [0.4, 0.5) is 0 Å². The summed E-state index contributed by atoms with van der Waals surface area (Å²) < 4.78 is 0. The molecule has 0 spiro atoms. The SMILES string of the molecule is NC1CCC(CNC2CCCCCC2)CC1. The summed E-state index contributed by atoms with van der Waals surface area (Å²) in [6, 6.07) is 1.31. The fourth-order valence-corrected chi connectivity index (χ4v) is 3.21. The Morgan fingerprint density at radius 1 is 0.812 bits per heavy atom. The molecule has 3 N–H and O–H groups in total. The quantitative estimate of drug-likeness (QED) is 0.723. The number of hydrogen-bond acceptors (Lipinski definition) is 2. The topological polar surface area (TPSA) is 38.0 Å². The third-order valence-corrected chi connectivity index (χ3v) is 4.44. The first-order valence-corrected chi connectivity index (χ1v) is 7.33. The minimum absolute atomic E-state index is 0.495. The Labute approximate surface area is 100 Å². The molecule has 2 aliphatic rings. The molecule has 0 atom stereocenters. The molecular weight excluding hydrogens is 196 g/mol. The first-order valence-electron chi connectivity index (χ1n) is 7.33. The van der Waals surface area contributed by atoms with Crippen molar-refractivity contribution in [1.29, 1.82) is 0 Å². The van der Waals surface area contributed by atoms with Crippen LogP contribution in [0.5, 0.6) is 0 Å². The Hall–Kier alpha value is -0.0800. The van der Waals surface area contributed by atoms with Crippen molar-refractivity contribution in [3.05, 3.63) is 0 Å². The highest BCUT2D eigenvalue weighted by molar-refractivity contribution is 4.78. The van der Waals surface area contributed by atoms with Crippen LogP contribution < -0.4 is 11.1 Å². The summed E-state index contributed by atoms with van der Waals surface area (Å²) in [6.45, 7) is 1.25. The predicted octanol–water partition coefficient (Wildman–Crippen LogP) is 2.82. The van der Waals surface area contributed by atoms with Gasteiger partial charge in [-0.15, -0.1) is 0 Å². The monoisotopic (exact) mass is 224 g/mol. The van der Waals surface area contributed by atoms with Crippen molar-refractivity contribution in [2.45, 2.75) is 76.3 Å². The maximum Gasteiger partial charge on any atom is 0.00671 e. The van der Waals surface area contributed by atoms with Gasteiger partial charge >= 0.3 is 0 Å². The van der Waals surface area contributed by atoms with Gasteiger partial charge in [-0.05, 0) is 51.0 Å². The van der Waals surface area contributed by atoms with Crippen molar-refractivity contribution in [3.63, 3.8) is 0 Å². The lowest BCUT2D eigenvalue weighted by Crippen LogP contribution is -2.36. The Kier molecular flexibility index (Phi) is 5.11. The number of nitrogens with one attached hydrogen (secondary N) is 1. The molecule has 94 valence electrons. The van der Waals surface area contributed by atoms with Gasteiger partial charge in [0.1, 0.15) is 0 Å². The molecule has 0 aromatic carbocycles. The van der Waals surface area contributed by atoms with E-state index in [1.807, 2.05) is 0 Å². The van der Waals surface area contributed by atoms with E-state index >= 15 is 0 Å². The van der Waals surface area contributed by atoms with Crippen LogP contribution in [0.3, 0.4) is 0 Å². The van der Waals surface area contributed by atoms with Gasteiger partial charge in [0.15, 0.2) is 0 Å². The first-order chi connectivity index (χ1) is 7.84. The summed E-state index contributed by atoms with van der Waals surface area (Å²) >= 11 is 0. The maximum atomic E-state index is 5.94. The van der Waals surface area contributed by atoms with E-state index in [1.165, 1.54) is 70.8 Å². The van der Waals surface area contributed by atoms with Crippen LogP contribution in [0.1, 0.15) is 64.2 Å². The molecule has 2 fully saturated rings. The highest BCUT2D eigenvalue weighted by Gasteiger charge is 2.19. The second-order valence-electron chi connectivity index (χ2n) is 5.88. The second kappa shape index (κ2) is 6.61. The van der Waals surface area contributed by atoms with Crippen LogP contribution in [0.2, 0.25) is 0 Å². The molecule has 0 saturated heterocycles. The molecule has 0 aromatic heterocycles. The Morgan fingerprint density at radius 2 is 1.44 bits per heavy atom. The Balaban J connectivity index is 1.62. The summed E-state index contributed by atoms with van der Waals surface area (Å²) in [5.74, 6) is 0.906. The van der Waals surface area contributed by atoms with Crippen molar-refractivity contribution >= 4 is 0 Å². The molecule has 0 aromatic rings. The van der Waals surface area contributed by atoms with E-state index in [-0.39, 0.29) is 0 Å². The molecule has 2 heteroatoms. The van der Waals surface area contributed by atoms with Gasteiger partial charge in [0.25, 0.3) is 0 Å². The van der Waals surface area contributed by atoms with Gasteiger partial charge in [0.2, 0.25) is 0 Å². The van der Waals surface area contributed by atoms with Gasteiger partial charge < -0.3 is 11.1 Å². The number of rotatable bonds is 3. The Morgan fingerprint density at radius 3 is 2.06 bits per heavy atom. The maximum absolute atomic E-state index is 5.94. The molecule has 0 bridgehead atoms. The lowest BCUT2D eigenvalue weighted by Gasteiger charge is -2.28. The lowest BCUT2D eigenvalue weighted by molar-refractivity contribution is 0.298. The van der Waals surface area contributed by atoms with Gasteiger partial charge in [-0.3, -0.25) is 0 Å². The van der Waals surface area contributed by atoms with E-state index in [2.05, 4.69) is 5.32 Å². The molecule has 0 aliphatic heterocycles. The molecule has 0 amide bonds. The average molecular weight is 224 g/mol. The highest BCUT2D eigenvalue weighted by atomic mass is 14.9. The minimum Gasteiger partial charge on any atom is -0.328 e. The molecule has 2 nitrogen and oxygen atoms in total. The van der Waals surface area contributed by atoms with Crippen molar-refractivity contribution in [2.75, 3.05) is 6.54 Å². The molecule has 0 unspecified atom stereocenters. The van der Waals surface area contributed by atoms with Crippen LogP contribution in [0.15, 0.2) is 0 Å². The number of nitrogens with two attached hydrogens (primary N) is 1. The summed E-state index contributed by atoms with van der Waals surface area (Å²) in [5.41, 5.74) is 5.94. The van der Waals surface area contributed by atoms with Crippen molar-refractivity contribution < 1.29 is 0 Å². The molecule has 2 aliphatic carbocycles. The zero-order chi connectivity index (χ0) is 11.2. The molecule has 2 saturated carbocycles. The van der Waals surface area contributed by atoms with Crippen LogP contribution in [0, 0.1) is 5.92 Å². The van der Waals surface area contributed by atoms with Crippen LogP contribution in [0.25, 0.3) is 0 Å². The molecule has 0 radical (unpaired) electrons. The fourth-order valence-electron chi connectivity index (χ4n) is 3.21. The average Bonchev–Trinajstić information content (AvgIpc) is 2.57. The molecular formula is C14H28N2. The van der Waals surface area contributed by atoms with E-state index in [0.717, 1.165) is 12.0 Å². The standard InChI is InChI=1S/C14H28N2/c15-13-9-7-12(8-10-13)11-16-14-5-3-1-2-4-6-14/h12-14,16H,1-11,15H2. The van der Waals surface area contributed by atoms with Crippen LogP contribution >= 0.6 is 0 Å². The van der Waals surface area contributed by atoms with E-state index in [1.54, 1.807) is 0 Å². The van der Waals surface area contributed by atoms with Gasteiger partial charge in [-0.2, -0.15) is 0 Å². The summed E-state index contributed by atoms with van der Waals surface area (Å²) in [7, 11) is 0.